The minimum absolute atomic E-state index is 0.233. The van der Waals surface area contributed by atoms with Gasteiger partial charge >= 0.3 is 0 Å². The van der Waals surface area contributed by atoms with Crippen LogP contribution in [-0.2, 0) is 0 Å². The summed E-state index contributed by atoms with van der Waals surface area (Å²) in [6, 6.07) is 9.94. The fourth-order valence-electron chi connectivity index (χ4n) is 2.48. The van der Waals surface area contributed by atoms with Crippen molar-refractivity contribution in [3.8, 4) is 22.8 Å². The first-order chi connectivity index (χ1) is 12.6. The third kappa shape index (κ3) is 3.10. The number of pyridine rings is 2. The highest BCUT2D eigenvalue weighted by molar-refractivity contribution is 6.29. The normalized spacial score (nSPS) is 10.8. The van der Waals surface area contributed by atoms with Crippen molar-refractivity contribution in [2.24, 2.45) is 0 Å². The van der Waals surface area contributed by atoms with Gasteiger partial charge in [0.05, 0.1) is 23.3 Å². The average Bonchev–Trinajstić information content (AvgIpc) is 3.12. The summed E-state index contributed by atoms with van der Waals surface area (Å²) in [6.07, 6.45) is 6.30. The number of aromatic nitrogens is 6. The highest BCUT2D eigenvalue weighted by Crippen LogP contribution is 2.20. The Morgan fingerprint density at radius 2 is 1.54 bits per heavy atom. The van der Waals surface area contributed by atoms with Crippen LogP contribution in [0.2, 0.25) is 10.3 Å². The second-order valence-corrected chi connectivity index (χ2v) is 6.05. The summed E-state index contributed by atoms with van der Waals surface area (Å²) in [6.45, 7) is 0. The van der Waals surface area contributed by atoms with E-state index in [1.54, 1.807) is 64.5 Å². The van der Waals surface area contributed by atoms with Crippen LogP contribution in [0.25, 0.3) is 22.8 Å². The predicted octanol–water partition coefficient (Wildman–Crippen LogP) is 3.18. The number of halogens is 2. The minimum atomic E-state index is -0.233. The quantitative estimate of drug-likeness (QED) is 0.506. The molecule has 7 nitrogen and oxygen atoms in total. The van der Waals surface area contributed by atoms with E-state index in [1.807, 2.05) is 0 Å². The van der Waals surface area contributed by atoms with Crippen molar-refractivity contribution >= 4 is 23.2 Å². The molecule has 0 amide bonds. The molecule has 0 saturated heterocycles. The molecule has 128 valence electrons. The first kappa shape index (κ1) is 16.4. The van der Waals surface area contributed by atoms with Crippen molar-refractivity contribution in [2.45, 2.75) is 0 Å². The highest BCUT2D eigenvalue weighted by atomic mass is 35.5. The molecule has 4 aromatic rings. The van der Waals surface area contributed by atoms with E-state index >= 15 is 0 Å². The summed E-state index contributed by atoms with van der Waals surface area (Å²) in [5.41, 5.74) is 1.90. The maximum atomic E-state index is 12.4. The molecule has 0 saturated carbocycles. The summed E-state index contributed by atoms with van der Waals surface area (Å²) < 4.78 is 3.14. The lowest BCUT2D eigenvalue weighted by atomic mass is 10.2. The average molecular weight is 385 g/mol. The summed E-state index contributed by atoms with van der Waals surface area (Å²) in [5, 5.41) is 9.38. The molecule has 0 aliphatic carbocycles. The van der Waals surface area contributed by atoms with Crippen molar-refractivity contribution < 1.29 is 0 Å². The van der Waals surface area contributed by atoms with E-state index in [1.165, 1.54) is 6.07 Å². The molecule has 0 unspecified atom stereocenters. The molecule has 0 atom stereocenters. The molecule has 4 rings (SSSR count). The lowest BCUT2D eigenvalue weighted by Crippen LogP contribution is -2.14. The lowest BCUT2D eigenvalue weighted by molar-refractivity contribution is 0.821. The van der Waals surface area contributed by atoms with Crippen LogP contribution in [0.15, 0.2) is 66.0 Å². The number of nitrogens with zero attached hydrogens (tertiary/aromatic N) is 6. The van der Waals surface area contributed by atoms with Gasteiger partial charge in [0, 0.05) is 36.8 Å². The van der Waals surface area contributed by atoms with Crippen LogP contribution < -0.4 is 5.43 Å². The standard InChI is InChI=1S/C17H10Cl2N6O/c18-15-9-11(1-5-20-15)24-8-4-14(26)17(23-24)13-3-7-22-25(13)12-2-6-21-16(19)10-12/h1-10H. The Balaban J connectivity index is 1.86. The molecular formula is C17H10Cl2N6O. The summed E-state index contributed by atoms with van der Waals surface area (Å²) in [5.74, 6) is 0. The Morgan fingerprint density at radius 1 is 0.846 bits per heavy atom. The second-order valence-electron chi connectivity index (χ2n) is 5.27. The zero-order chi connectivity index (χ0) is 18.1. The molecule has 0 aromatic carbocycles. The zero-order valence-corrected chi connectivity index (χ0v) is 14.6. The van der Waals surface area contributed by atoms with Crippen LogP contribution in [0.3, 0.4) is 0 Å². The van der Waals surface area contributed by atoms with Crippen LogP contribution in [0.4, 0.5) is 0 Å². The van der Waals surface area contributed by atoms with Gasteiger partial charge in [-0.05, 0) is 18.2 Å². The molecule has 0 radical (unpaired) electrons. The van der Waals surface area contributed by atoms with Crippen LogP contribution in [0, 0.1) is 0 Å². The molecule has 9 heteroatoms. The third-order valence-corrected chi connectivity index (χ3v) is 4.04. The fourth-order valence-corrected chi connectivity index (χ4v) is 2.81. The molecule has 0 spiro atoms. The van der Waals surface area contributed by atoms with Gasteiger partial charge in [-0.1, -0.05) is 23.2 Å². The first-order valence-electron chi connectivity index (χ1n) is 7.50. The second kappa shape index (κ2) is 6.70. The van der Waals surface area contributed by atoms with E-state index < -0.39 is 0 Å². The van der Waals surface area contributed by atoms with Crippen LogP contribution in [0.5, 0.6) is 0 Å². The topological polar surface area (TPSA) is 78.5 Å². The Kier molecular flexibility index (Phi) is 4.24. The van der Waals surface area contributed by atoms with Gasteiger partial charge in [0.15, 0.2) is 5.69 Å². The minimum Gasteiger partial charge on any atom is -0.287 e. The van der Waals surface area contributed by atoms with Gasteiger partial charge in [-0.25, -0.2) is 19.3 Å². The summed E-state index contributed by atoms with van der Waals surface area (Å²) >= 11 is 11.9. The largest absolute Gasteiger partial charge is 0.287 e. The monoisotopic (exact) mass is 384 g/mol. The van der Waals surface area contributed by atoms with Crippen molar-refractivity contribution in [1.29, 1.82) is 0 Å². The number of rotatable bonds is 3. The Labute approximate surface area is 157 Å². The Bertz CT molecular complexity index is 1150. The van der Waals surface area contributed by atoms with Gasteiger partial charge in [-0.3, -0.25) is 4.79 Å². The highest BCUT2D eigenvalue weighted by Gasteiger charge is 2.14. The molecule has 26 heavy (non-hydrogen) atoms. The summed E-state index contributed by atoms with van der Waals surface area (Å²) in [4.78, 5) is 20.3. The van der Waals surface area contributed by atoms with Gasteiger partial charge in [-0.15, -0.1) is 0 Å². The van der Waals surface area contributed by atoms with E-state index in [9.17, 15) is 4.79 Å². The van der Waals surface area contributed by atoms with Gasteiger partial charge in [0.25, 0.3) is 0 Å². The van der Waals surface area contributed by atoms with E-state index in [2.05, 4.69) is 20.2 Å². The Morgan fingerprint density at radius 3 is 2.27 bits per heavy atom. The van der Waals surface area contributed by atoms with E-state index in [-0.39, 0.29) is 11.1 Å². The van der Waals surface area contributed by atoms with Crippen LogP contribution in [-0.4, -0.2) is 29.5 Å². The van der Waals surface area contributed by atoms with Crippen molar-refractivity contribution in [2.75, 3.05) is 0 Å². The molecule has 0 aliphatic rings. The molecule has 0 fully saturated rings. The fraction of sp³-hybridized carbons (Fsp3) is 0. The van der Waals surface area contributed by atoms with Gasteiger partial charge in [0.1, 0.15) is 10.3 Å². The first-order valence-corrected chi connectivity index (χ1v) is 8.26. The van der Waals surface area contributed by atoms with Crippen molar-refractivity contribution in [1.82, 2.24) is 29.5 Å². The molecule has 0 aliphatic heterocycles. The Hall–Kier alpha value is -3.03. The molecule has 0 bridgehead atoms. The van der Waals surface area contributed by atoms with Crippen LogP contribution in [0.1, 0.15) is 0 Å². The molecular weight excluding hydrogens is 375 g/mol. The van der Waals surface area contributed by atoms with Gasteiger partial charge in [-0.2, -0.15) is 10.2 Å². The van der Waals surface area contributed by atoms with Gasteiger partial charge in [0.2, 0.25) is 5.43 Å². The molecule has 4 aromatic heterocycles. The number of hydrogen-bond acceptors (Lipinski definition) is 5. The lowest BCUT2D eigenvalue weighted by Gasteiger charge is -2.09. The number of hydrogen-bond donors (Lipinski definition) is 0. The SMILES string of the molecule is O=c1ccn(-c2ccnc(Cl)c2)nc1-c1ccnn1-c1ccnc(Cl)c1. The van der Waals surface area contributed by atoms with Crippen LogP contribution >= 0.6 is 23.2 Å². The van der Waals surface area contributed by atoms with E-state index in [4.69, 9.17) is 23.2 Å². The zero-order valence-electron chi connectivity index (χ0n) is 13.1. The maximum Gasteiger partial charge on any atom is 0.209 e. The van der Waals surface area contributed by atoms with Crippen molar-refractivity contribution in [3.63, 3.8) is 0 Å². The smallest absolute Gasteiger partial charge is 0.209 e. The van der Waals surface area contributed by atoms with Gasteiger partial charge < -0.3 is 0 Å². The summed E-state index contributed by atoms with van der Waals surface area (Å²) in [7, 11) is 0. The van der Waals surface area contributed by atoms with E-state index in [0.29, 0.717) is 27.4 Å². The molecule has 4 heterocycles. The van der Waals surface area contributed by atoms with E-state index in [0.717, 1.165) is 0 Å². The third-order valence-electron chi connectivity index (χ3n) is 3.62. The van der Waals surface area contributed by atoms with Crippen molar-refractivity contribution in [3.05, 3.63) is 81.7 Å². The predicted molar refractivity (Wildman–Crippen MR) is 98.0 cm³/mol. The maximum absolute atomic E-state index is 12.4. The molecule has 0 N–H and O–H groups in total.